The molecule has 0 spiro atoms. The van der Waals surface area contributed by atoms with Crippen molar-refractivity contribution in [3.05, 3.63) is 58.7 Å². The number of hydrogen-bond donors (Lipinski definition) is 2. The molecule has 1 amide bonds. The fourth-order valence-corrected chi connectivity index (χ4v) is 3.38. The van der Waals surface area contributed by atoms with Gasteiger partial charge in [-0.2, -0.15) is 11.8 Å². The third-order valence-electron chi connectivity index (χ3n) is 3.74. The molecule has 0 saturated heterocycles. The molecule has 7 heteroatoms. The van der Waals surface area contributed by atoms with Crippen LogP contribution in [-0.4, -0.2) is 20.6 Å². The molecule has 0 aliphatic carbocycles. The van der Waals surface area contributed by atoms with Crippen molar-refractivity contribution < 1.29 is 13.2 Å². The van der Waals surface area contributed by atoms with Crippen LogP contribution in [0.2, 0.25) is 0 Å². The zero-order valence-electron chi connectivity index (χ0n) is 13.8. The molecule has 2 aromatic carbocycles. The monoisotopic (exact) mass is 364 g/mol. The number of benzene rings is 2. The zero-order chi connectivity index (χ0) is 17.9. The number of sulfonamides is 1. The Morgan fingerprint density at radius 2 is 1.79 bits per heavy atom. The molecule has 0 aromatic heterocycles. The molecule has 0 radical (unpaired) electrons. The summed E-state index contributed by atoms with van der Waals surface area (Å²) in [5.41, 5.74) is 3.64. The van der Waals surface area contributed by atoms with E-state index in [9.17, 15) is 13.2 Å². The lowest BCUT2D eigenvalue weighted by atomic mass is 10.1. The Bertz CT molecular complexity index is 860. The highest BCUT2D eigenvalue weighted by Gasteiger charge is 2.15. The maximum absolute atomic E-state index is 12.4. The molecule has 0 aliphatic heterocycles. The van der Waals surface area contributed by atoms with Crippen molar-refractivity contribution >= 4 is 33.4 Å². The zero-order valence-corrected chi connectivity index (χ0v) is 15.4. The average Bonchev–Trinajstić information content (AvgIpc) is 2.51. The Labute approximate surface area is 146 Å². The van der Waals surface area contributed by atoms with Crippen molar-refractivity contribution in [3.8, 4) is 0 Å². The molecule has 5 nitrogen and oxygen atoms in total. The third-order valence-corrected chi connectivity index (χ3v) is 5.26. The molecular formula is C17H20N2O3S2. The Kier molecular flexibility index (Phi) is 5.69. The van der Waals surface area contributed by atoms with Crippen molar-refractivity contribution in [2.75, 3.05) is 11.6 Å². The standard InChI is InChI=1S/C17H20N2O3S2/c1-11-8-15(24(18,21)22)9-16(12(11)2)19-17(20)14-6-4-13(5-7-14)10-23-3/h4-9H,10H2,1-3H3,(H,19,20)(H2,18,21,22). The number of amides is 1. The van der Waals surface area contributed by atoms with Gasteiger partial charge >= 0.3 is 0 Å². The summed E-state index contributed by atoms with van der Waals surface area (Å²) in [6.45, 7) is 3.59. The first-order chi connectivity index (χ1) is 11.2. The molecule has 0 unspecified atom stereocenters. The number of aryl methyl sites for hydroxylation is 1. The van der Waals surface area contributed by atoms with E-state index >= 15 is 0 Å². The van der Waals surface area contributed by atoms with E-state index in [0.717, 1.165) is 22.4 Å². The van der Waals surface area contributed by atoms with E-state index in [-0.39, 0.29) is 10.8 Å². The predicted octanol–water partition coefficient (Wildman–Crippen LogP) is 3.07. The first-order valence-corrected chi connectivity index (χ1v) is 10.2. The Morgan fingerprint density at radius 1 is 1.17 bits per heavy atom. The molecule has 0 fully saturated rings. The first-order valence-electron chi connectivity index (χ1n) is 7.25. The minimum absolute atomic E-state index is 0.0174. The van der Waals surface area contributed by atoms with Crippen LogP contribution in [0, 0.1) is 13.8 Å². The summed E-state index contributed by atoms with van der Waals surface area (Å²) in [7, 11) is -3.83. The minimum atomic E-state index is -3.83. The van der Waals surface area contributed by atoms with Gasteiger partial charge in [-0.25, -0.2) is 13.6 Å². The van der Waals surface area contributed by atoms with Gasteiger partial charge in [-0.3, -0.25) is 4.79 Å². The molecule has 0 aliphatic rings. The fourth-order valence-electron chi connectivity index (χ4n) is 2.23. The number of rotatable bonds is 5. The molecule has 0 heterocycles. The fraction of sp³-hybridized carbons (Fsp3) is 0.235. The summed E-state index contributed by atoms with van der Waals surface area (Å²) in [5, 5.41) is 7.96. The number of carbonyl (C=O) groups is 1. The highest BCUT2D eigenvalue weighted by molar-refractivity contribution is 7.97. The second-order valence-corrected chi connectivity index (χ2v) is 7.97. The van der Waals surface area contributed by atoms with E-state index in [0.29, 0.717) is 11.3 Å². The molecule has 0 saturated carbocycles. The molecule has 128 valence electrons. The largest absolute Gasteiger partial charge is 0.322 e. The lowest BCUT2D eigenvalue weighted by Crippen LogP contribution is -2.16. The smallest absolute Gasteiger partial charge is 0.255 e. The maximum atomic E-state index is 12.4. The summed E-state index contributed by atoms with van der Waals surface area (Å²) in [5.74, 6) is 0.594. The van der Waals surface area contributed by atoms with E-state index < -0.39 is 10.0 Å². The van der Waals surface area contributed by atoms with E-state index in [4.69, 9.17) is 5.14 Å². The van der Waals surface area contributed by atoms with Crippen molar-refractivity contribution in [3.63, 3.8) is 0 Å². The molecule has 0 bridgehead atoms. The number of nitrogens with two attached hydrogens (primary N) is 1. The number of carbonyl (C=O) groups excluding carboxylic acids is 1. The van der Waals surface area contributed by atoms with E-state index in [1.807, 2.05) is 25.3 Å². The highest BCUT2D eigenvalue weighted by Crippen LogP contribution is 2.24. The minimum Gasteiger partial charge on any atom is -0.322 e. The van der Waals surface area contributed by atoms with Crippen molar-refractivity contribution in [1.29, 1.82) is 0 Å². The van der Waals surface area contributed by atoms with Gasteiger partial charge in [0, 0.05) is 17.0 Å². The van der Waals surface area contributed by atoms with Crippen LogP contribution in [-0.2, 0) is 15.8 Å². The maximum Gasteiger partial charge on any atom is 0.255 e. The number of anilines is 1. The third kappa shape index (κ3) is 4.37. The van der Waals surface area contributed by atoms with E-state index in [1.165, 1.54) is 12.1 Å². The van der Waals surface area contributed by atoms with E-state index in [2.05, 4.69) is 5.32 Å². The van der Waals surface area contributed by atoms with E-state index in [1.54, 1.807) is 30.8 Å². The van der Waals surface area contributed by atoms with Crippen LogP contribution < -0.4 is 10.5 Å². The van der Waals surface area contributed by atoms with Gasteiger partial charge in [-0.15, -0.1) is 0 Å². The van der Waals surface area contributed by atoms with Gasteiger partial charge in [-0.05, 0) is 61.1 Å². The second kappa shape index (κ2) is 7.38. The van der Waals surface area contributed by atoms with Gasteiger partial charge in [0.05, 0.1) is 4.90 Å². The van der Waals surface area contributed by atoms with Crippen molar-refractivity contribution in [2.45, 2.75) is 24.5 Å². The normalized spacial score (nSPS) is 11.3. The van der Waals surface area contributed by atoms with Crippen LogP contribution >= 0.6 is 11.8 Å². The summed E-state index contributed by atoms with van der Waals surface area (Å²) in [6, 6.07) is 10.2. The number of nitrogens with one attached hydrogen (secondary N) is 1. The molecular weight excluding hydrogens is 344 g/mol. The molecule has 24 heavy (non-hydrogen) atoms. The van der Waals surface area contributed by atoms with Crippen LogP contribution in [0.1, 0.15) is 27.0 Å². The summed E-state index contributed by atoms with van der Waals surface area (Å²) in [6.07, 6.45) is 2.02. The summed E-state index contributed by atoms with van der Waals surface area (Å²) < 4.78 is 23.1. The van der Waals surface area contributed by atoms with Gasteiger partial charge in [0.15, 0.2) is 0 Å². The lowest BCUT2D eigenvalue weighted by molar-refractivity contribution is 0.102. The van der Waals surface area contributed by atoms with Crippen LogP contribution in [0.3, 0.4) is 0 Å². The molecule has 3 N–H and O–H groups in total. The first kappa shape index (κ1) is 18.5. The highest BCUT2D eigenvalue weighted by atomic mass is 32.2. The van der Waals surface area contributed by atoms with Crippen molar-refractivity contribution in [1.82, 2.24) is 0 Å². The van der Waals surface area contributed by atoms with Gasteiger partial charge in [-0.1, -0.05) is 12.1 Å². The molecule has 2 rings (SSSR count). The Balaban J connectivity index is 2.30. The second-order valence-electron chi connectivity index (χ2n) is 5.54. The SMILES string of the molecule is CSCc1ccc(C(=O)Nc2cc(S(N)(=O)=O)cc(C)c2C)cc1. The Hall–Kier alpha value is -1.83. The van der Waals surface area contributed by atoms with Crippen molar-refractivity contribution in [2.24, 2.45) is 5.14 Å². The van der Waals surface area contributed by atoms with Gasteiger partial charge < -0.3 is 5.32 Å². The lowest BCUT2D eigenvalue weighted by Gasteiger charge is -2.13. The quantitative estimate of drug-likeness (QED) is 0.853. The number of primary sulfonamides is 1. The van der Waals surface area contributed by atoms with Crippen LogP contribution in [0.15, 0.2) is 41.3 Å². The predicted molar refractivity (Wildman–Crippen MR) is 98.9 cm³/mol. The molecule has 0 atom stereocenters. The van der Waals surface area contributed by atoms with Crippen LogP contribution in [0.25, 0.3) is 0 Å². The van der Waals surface area contributed by atoms with Gasteiger partial charge in [0.1, 0.15) is 0 Å². The van der Waals surface area contributed by atoms with Crippen LogP contribution in [0.4, 0.5) is 5.69 Å². The topological polar surface area (TPSA) is 89.3 Å². The number of thioether (sulfide) groups is 1. The summed E-state index contributed by atoms with van der Waals surface area (Å²) in [4.78, 5) is 12.4. The summed E-state index contributed by atoms with van der Waals surface area (Å²) >= 11 is 1.71. The van der Waals surface area contributed by atoms with Gasteiger partial charge in [0.25, 0.3) is 5.91 Å². The van der Waals surface area contributed by atoms with Crippen LogP contribution in [0.5, 0.6) is 0 Å². The van der Waals surface area contributed by atoms with Gasteiger partial charge in [0.2, 0.25) is 10.0 Å². The average molecular weight is 364 g/mol. The Morgan fingerprint density at radius 3 is 2.33 bits per heavy atom. The molecule has 2 aromatic rings. The number of hydrogen-bond acceptors (Lipinski definition) is 4.